The highest BCUT2D eigenvalue weighted by molar-refractivity contribution is 5.91. The molecule has 1 N–H and O–H groups in total. The molecule has 9 nitrogen and oxygen atoms in total. The molecular weight excluding hydrogens is 426 g/mol. The number of aryl methyl sites for hydroxylation is 2. The number of nitro groups is 1. The number of amides is 1. The average Bonchev–Trinajstić information content (AvgIpc) is 2.79. The minimum absolute atomic E-state index is 0.119. The van der Waals surface area contributed by atoms with E-state index in [1.54, 1.807) is 24.3 Å². The van der Waals surface area contributed by atoms with Gasteiger partial charge in [-0.05, 0) is 55.3 Å². The number of nitrogens with one attached hydrogen (secondary N) is 1. The number of hydrazone groups is 1. The number of ether oxygens (including phenoxy) is 2. The van der Waals surface area contributed by atoms with Crippen LogP contribution in [0.15, 0.2) is 71.8 Å². The van der Waals surface area contributed by atoms with Gasteiger partial charge in [0.25, 0.3) is 11.6 Å². The first kappa shape index (κ1) is 23.1. The minimum atomic E-state index is -0.657. The molecule has 9 heteroatoms. The van der Waals surface area contributed by atoms with Gasteiger partial charge in [-0.2, -0.15) is 5.10 Å². The van der Waals surface area contributed by atoms with Gasteiger partial charge >= 0.3 is 5.97 Å². The highest BCUT2D eigenvalue weighted by Gasteiger charge is 2.12. The lowest BCUT2D eigenvalue weighted by Gasteiger charge is -2.08. The summed E-state index contributed by atoms with van der Waals surface area (Å²) in [6, 6.07) is 17.3. The van der Waals surface area contributed by atoms with Gasteiger partial charge in [-0.15, -0.1) is 0 Å². The molecular formula is C24H21N3O6. The van der Waals surface area contributed by atoms with Crippen molar-refractivity contribution in [3.05, 3.63) is 99.1 Å². The monoisotopic (exact) mass is 447 g/mol. The molecule has 0 aromatic heterocycles. The fourth-order valence-electron chi connectivity index (χ4n) is 2.86. The second-order valence-electron chi connectivity index (χ2n) is 7.12. The van der Waals surface area contributed by atoms with E-state index in [0.29, 0.717) is 11.3 Å². The van der Waals surface area contributed by atoms with Crippen LogP contribution in [-0.4, -0.2) is 29.6 Å². The predicted octanol–water partition coefficient (Wildman–Crippen LogP) is 3.96. The van der Waals surface area contributed by atoms with Crippen LogP contribution in [0.2, 0.25) is 0 Å². The Morgan fingerprint density at radius 1 is 1.06 bits per heavy atom. The smallest absolute Gasteiger partial charge is 0.343 e. The molecule has 3 rings (SSSR count). The number of nitro benzene ring substituents is 1. The number of rotatable bonds is 8. The van der Waals surface area contributed by atoms with E-state index in [4.69, 9.17) is 9.47 Å². The molecule has 0 atom stereocenters. The number of carbonyl (C=O) groups excluding carboxylic acids is 2. The van der Waals surface area contributed by atoms with E-state index in [9.17, 15) is 19.7 Å². The van der Waals surface area contributed by atoms with E-state index in [2.05, 4.69) is 10.5 Å². The normalized spacial score (nSPS) is 10.6. The summed E-state index contributed by atoms with van der Waals surface area (Å²) < 4.78 is 10.8. The number of nitrogens with zero attached hydrogens (tertiary/aromatic N) is 2. The second kappa shape index (κ2) is 10.7. The molecule has 0 aliphatic rings. The first-order chi connectivity index (χ1) is 15.8. The van der Waals surface area contributed by atoms with Gasteiger partial charge < -0.3 is 9.47 Å². The van der Waals surface area contributed by atoms with E-state index in [1.807, 2.05) is 32.0 Å². The van der Waals surface area contributed by atoms with Crippen LogP contribution in [0.3, 0.4) is 0 Å². The number of hydrogen-bond acceptors (Lipinski definition) is 7. The van der Waals surface area contributed by atoms with Crippen molar-refractivity contribution >= 4 is 23.8 Å². The Labute approximate surface area is 189 Å². The van der Waals surface area contributed by atoms with Gasteiger partial charge in [-0.25, -0.2) is 10.2 Å². The Bertz CT molecular complexity index is 1210. The molecule has 0 saturated heterocycles. The summed E-state index contributed by atoms with van der Waals surface area (Å²) in [6.45, 7) is 3.69. The molecule has 33 heavy (non-hydrogen) atoms. The molecule has 0 heterocycles. The minimum Gasteiger partial charge on any atom is -0.483 e. The van der Waals surface area contributed by atoms with E-state index in [-0.39, 0.29) is 23.6 Å². The Hall–Kier alpha value is -4.53. The fourth-order valence-corrected chi connectivity index (χ4v) is 2.86. The third-order valence-corrected chi connectivity index (χ3v) is 4.47. The van der Waals surface area contributed by atoms with E-state index >= 15 is 0 Å². The van der Waals surface area contributed by atoms with E-state index < -0.39 is 16.8 Å². The first-order valence-corrected chi connectivity index (χ1v) is 9.90. The molecule has 0 saturated carbocycles. The summed E-state index contributed by atoms with van der Waals surface area (Å²) in [6.07, 6.45) is 1.40. The van der Waals surface area contributed by atoms with Gasteiger partial charge in [0, 0.05) is 12.1 Å². The lowest BCUT2D eigenvalue weighted by Crippen LogP contribution is -2.24. The third-order valence-electron chi connectivity index (χ3n) is 4.47. The van der Waals surface area contributed by atoms with Crippen molar-refractivity contribution in [3.8, 4) is 11.5 Å². The van der Waals surface area contributed by atoms with E-state index in [0.717, 1.165) is 11.1 Å². The molecule has 3 aromatic carbocycles. The Kier molecular flexibility index (Phi) is 7.48. The van der Waals surface area contributed by atoms with Crippen molar-refractivity contribution in [1.82, 2.24) is 5.43 Å². The topological polar surface area (TPSA) is 120 Å². The summed E-state index contributed by atoms with van der Waals surface area (Å²) in [7, 11) is 0. The van der Waals surface area contributed by atoms with Gasteiger partial charge in [-0.1, -0.05) is 29.8 Å². The molecule has 168 valence electrons. The Morgan fingerprint density at radius 3 is 2.52 bits per heavy atom. The van der Waals surface area contributed by atoms with Crippen LogP contribution >= 0.6 is 0 Å². The lowest BCUT2D eigenvalue weighted by atomic mass is 10.1. The number of hydrogen-bond donors (Lipinski definition) is 1. The second-order valence-corrected chi connectivity index (χ2v) is 7.12. The SMILES string of the molecule is Cc1ccc(OCC(=O)N/N=C/c2cccc(OC(=O)c3ccc([N+](=O)[O-])cc3)c2)c(C)c1. The molecule has 0 aliphatic carbocycles. The fraction of sp³-hybridized carbons (Fsp3) is 0.125. The Balaban J connectivity index is 1.53. The standard InChI is InChI=1S/C24H21N3O6/c1-16-6-11-22(17(2)12-16)32-15-23(28)26-25-14-18-4-3-5-21(13-18)33-24(29)19-7-9-20(10-8-19)27(30)31/h3-14H,15H2,1-2H3,(H,26,28)/b25-14+. The summed E-state index contributed by atoms with van der Waals surface area (Å²) in [4.78, 5) is 34.4. The van der Waals surface area contributed by atoms with Crippen LogP contribution < -0.4 is 14.9 Å². The summed E-state index contributed by atoms with van der Waals surface area (Å²) >= 11 is 0. The van der Waals surface area contributed by atoms with Crippen LogP contribution in [-0.2, 0) is 4.79 Å². The molecule has 0 unspecified atom stereocenters. The van der Waals surface area contributed by atoms with Crippen LogP contribution in [0.1, 0.15) is 27.0 Å². The lowest BCUT2D eigenvalue weighted by molar-refractivity contribution is -0.384. The maximum atomic E-state index is 12.2. The quantitative estimate of drug-likeness (QED) is 0.183. The average molecular weight is 447 g/mol. The number of esters is 1. The molecule has 3 aromatic rings. The number of non-ortho nitro benzene ring substituents is 1. The summed E-state index contributed by atoms with van der Waals surface area (Å²) in [5.41, 5.74) is 5.06. The van der Waals surface area contributed by atoms with Crippen molar-refractivity contribution in [2.75, 3.05) is 6.61 Å². The van der Waals surface area contributed by atoms with Crippen molar-refractivity contribution in [2.24, 2.45) is 5.10 Å². The van der Waals surface area contributed by atoms with Crippen LogP contribution in [0, 0.1) is 24.0 Å². The highest BCUT2D eigenvalue weighted by Crippen LogP contribution is 2.19. The largest absolute Gasteiger partial charge is 0.483 e. The van der Waals surface area contributed by atoms with Crippen molar-refractivity contribution in [1.29, 1.82) is 0 Å². The Morgan fingerprint density at radius 2 is 1.82 bits per heavy atom. The molecule has 0 bridgehead atoms. The van der Waals surface area contributed by atoms with Crippen LogP contribution in [0.5, 0.6) is 11.5 Å². The number of carbonyl (C=O) groups is 2. The van der Waals surface area contributed by atoms with Gasteiger partial charge in [0.1, 0.15) is 11.5 Å². The van der Waals surface area contributed by atoms with E-state index in [1.165, 1.54) is 30.5 Å². The zero-order valence-electron chi connectivity index (χ0n) is 18.0. The summed E-state index contributed by atoms with van der Waals surface area (Å²) in [5.74, 6) is -0.197. The zero-order valence-corrected chi connectivity index (χ0v) is 18.0. The van der Waals surface area contributed by atoms with Crippen LogP contribution in [0.25, 0.3) is 0 Å². The van der Waals surface area contributed by atoms with Gasteiger partial charge in [0.05, 0.1) is 16.7 Å². The molecule has 0 aliphatic heterocycles. The maximum absolute atomic E-state index is 12.2. The molecule has 1 amide bonds. The predicted molar refractivity (Wildman–Crippen MR) is 122 cm³/mol. The first-order valence-electron chi connectivity index (χ1n) is 9.90. The van der Waals surface area contributed by atoms with Crippen LogP contribution in [0.4, 0.5) is 5.69 Å². The maximum Gasteiger partial charge on any atom is 0.343 e. The summed E-state index contributed by atoms with van der Waals surface area (Å²) in [5, 5.41) is 14.6. The molecule has 0 fully saturated rings. The van der Waals surface area contributed by atoms with Crippen molar-refractivity contribution in [3.63, 3.8) is 0 Å². The van der Waals surface area contributed by atoms with Crippen molar-refractivity contribution < 1.29 is 24.0 Å². The molecule has 0 spiro atoms. The zero-order chi connectivity index (χ0) is 23.8. The molecule has 0 radical (unpaired) electrons. The number of benzene rings is 3. The van der Waals surface area contributed by atoms with Crippen molar-refractivity contribution in [2.45, 2.75) is 13.8 Å². The highest BCUT2D eigenvalue weighted by atomic mass is 16.6. The van der Waals surface area contributed by atoms with Gasteiger partial charge in [-0.3, -0.25) is 14.9 Å². The van der Waals surface area contributed by atoms with Gasteiger partial charge in [0.2, 0.25) is 0 Å². The third kappa shape index (κ3) is 6.73. The van der Waals surface area contributed by atoms with Gasteiger partial charge in [0.15, 0.2) is 6.61 Å².